The molecule has 4 nitrogen and oxygen atoms in total. The largest absolute Gasteiger partial charge is 0.354 e. The van der Waals surface area contributed by atoms with Gasteiger partial charge in [0.1, 0.15) is 11.6 Å². The average Bonchev–Trinajstić information content (AvgIpc) is 2.44. The van der Waals surface area contributed by atoms with Gasteiger partial charge in [-0.05, 0) is 52.6 Å². The summed E-state index contributed by atoms with van der Waals surface area (Å²) in [5.74, 6) is 3.20. The van der Waals surface area contributed by atoms with Gasteiger partial charge in [-0.1, -0.05) is 13.8 Å². The molecule has 0 atom stereocenters. The zero-order chi connectivity index (χ0) is 15.4. The third-order valence-electron chi connectivity index (χ3n) is 4.21. The van der Waals surface area contributed by atoms with Gasteiger partial charge in [-0.25, -0.2) is 9.97 Å². The smallest absolute Gasteiger partial charge is 0.133 e. The highest BCUT2D eigenvalue weighted by Crippen LogP contribution is 2.22. The first-order valence-electron chi connectivity index (χ1n) is 8.30. The topological polar surface area (TPSA) is 41.0 Å². The molecule has 1 aliphatic heterocycles. The molecule has 0 amide bonds. The van der Waals surface area contributed by atoms with E-state index in [4.69, 9.17) is 4.98 Å². The summed E-state index contributed by atoms with van der Waals surface area (Å²) in [4.78, 5) is 11.8. The van der Waals surface area contributed by atoms with Crippen molar-refractivity contribution < 1.29 is 0 Å². The number of aromatic nitrogens is 2. The lowest BCUT2D eigenvalue weighted by Gasteiger charge is -2.34. The Kier molecular flexibility index (Phi) is 5.57. The average molecular weight is 290 g/mol. The van der Waals surface area contributed by atoms with E-state index < -0.39 is 0 Å². The van der Waals surface area contributed by atoms with Crippen molar-refractivity contribution in [2.45, 2.75) is 59.4 Å². The Bertz CT molecular complexity index is 450. The van der Waals surface area contributed by atoms with Crippen molar-refractivity contribution in [2.24, 2.45) is 5.92 Å². The molecule has 0 spiro atoms. The first-order chi connectivity index (χ1) is 9.97. The molecular weight excluding hydrogens is 260 g/mol. The van der Waals surface area contributed by atoms with Crippen LogP contribution in [-0.4, -0.2) is 35.6 Å². The van der Waals surface area contributed by atoms with Crippen LogP contribution in [0.25, 0.3) is 0 Å². The zero-order valence-electron chi connectivity index (χ0n) is 14.2. The SMILES string of the molecule is Cc1cc(N(CC2CCNCC2)C(C)C)nc(C(C)C)n1. The van der Waals surface area contributed by atoms with Crippen molar-refractivity contribution in [2.75, 3.05) is 24.5 Å². The molecule has 118 valence electrons. The van der Waals surface area contributed by atoms with Crippen LogP contribution in [0, 0.1) is 12.8 Å². The molecule has 0 bridgehead atoms. The van der Waals surface area contributed by atoms with Crippen molar-refractivity contribution in [3.63, 3.8) is 0 Å². The van der Waals surface area contributed by atoms with Crippen LogP contribution in [0.4, 0.5) is 5.82 Å². The van der Waals surface area contributed by atoms with Gasteiger partial charge in [0.25, 0.3) is 0 Å². The Hall–Kier alpha value is -1.16. The minimum absolute atomic E-state index is 0.372. The molecule has 21 heavy (non-hydrogen) atoms. The molecule has 1 aromatic heterocycles. The van der Waals surface area contributed by atoms with E-state index in [-0.39, 0.29) is 0 Å². The van der Waals surface area contributed by atoms with Gasteiger partial charge in [-0.15, -0.1) is 0 Å². The molecule has 4 heteroatoms. The van der Waals surface area contributed by atoms with E-state index in [9.17, 15) is 0 Å². The van der Waals surface area contributed by atoms with Crippen LogP contribution < -0.4 is 10.2 Å². The molecule has 0 aliphatic carbocycles. The molecule has 0 radical (unpaired) electrons. The third-order valence-corrected chi connectivity index (χ3v) is 4.21. The quantitative estimate of drug-likeness (QED) is 0.904. The van der Waals surface area contributed by atoms with Crippen LogP contribution in [0.1, 0.15) is 58.0 Å². The summed E-state index contributed by atoms with van der Waals surface area (Å²) in [6.45, 7) is 14.3. The van der Waals surface area contributed by atoms with E-state index in [1.807, 2.05) is 0 Å². The lowest BCUT2D eigenvalue weighted by molar-refractivity contribution is 0.367. The maximum absolute atomic E-state index is 4.82. The molecule has 1 aliphatic rings. The Morgan fingerprint density at radius 1 is 1.19 bits per heavy atom. The van der Waals surface area contributed by atoms with Crippen molar-refractivity contribution in [3.8, 4) is 0 Å². The standard InChI is InChI=1S/C17H30N4/c1-12(2)17-19-14(5)10-16(20-17)21(13(3)4)11-15-6-8-18-9-7-15/h10,12-13,15,18H,6-9,11H2,1-5H3. The molecule has 1 aromatic rings. The second-order valence-corrected chi connectivity index (χ2v) is 6.82. The first-order valence-corrected chi connectivity index (χ1v) is 8.30. The molecule has 0 unspecified atom stereocenters. The molecular formula is C17H30N4. The summed E-state index contributed by atoms with van der Waals surface area (Å²) >= 11 is 0. The highest BCUT2D eigenvalue weighted by atomic mass is 15.2. The predicted molar refractivity (Wildman–Crippen MR) is 88.9 cm³/mol. The van der Waals surface area contributed by atoms with E-state index in [2.05, 4.69) is 55.9 Å². The zero-order valence-corrected chi connectivity index (χ0v) is 14.2. The summed E-state index contributed by atoms with van der Waals surface area (Å²) in [5, 5.41) is 3.45. The van der Waals surface area contributed by atoms with Crippen molar-refractivity contribution >= 4 is 5.82 Å². The van der Waals surface area contributed by atoms with Crippen LogP contribution in [0.5, 0.6) is 0 Å². The van der Waals surface area contributed by atoms with Crippen molar-refractivity contribution in [1.29, 1.82) is 0 Å². The summed E-state index contributed by atoms with van der Waals surface area (Å²) in [7, 11) is 0. The second kappa shape index (κ2) is 7.21. The normalized spacial score (nSPS) is 16.7. The van der Waals surface area contributed by atoms with Crippen LogP contribution in [0.15, 0.2) is 6.07 Å². The molecule has 0 aromatic carbocycles. The number of nitrogens with zero attached hydrogens (tertiary/aromatic N) is 3. The number of anilines is 1. The maximum Gasteiger partial charge on any atom is 0.133 e. The van der Waals surface area contributed by atoms with Gasteiger partial charge in [-0.3, -0.25) is 0 Å². The van der Waals surface area contributed by atoms with Gasteiger partial charge in [0.2, 0.25) is 0 Å². The van der Waals surface area contributed by atoms with E-state index in [0.29, 0.717) is 12.0 Å². The highest BCUT2D eigenvalue weighted by Gasteiger charge is 2.21. The Balaban J connectivity index is 2.20. The minimum Gasteiger partial charge on any atom is -0.354 e. The van der Waals surface area contributed by atoms with E-state index in [1.165, 1.54) is 12.8 Å². The second-order valence-electron chi connectivity index (χ2n) is 6.82. The summed E-state index contributed by atoms with van der Waals surface area (Å²) in [6.07, 6.45) is 2.54. The number of hydrogen-bond acceptors (Lipinski definition) is 4. The van der Waals surface area contributed by atoms with Crippen LogP contribution >= 0.6 is 0 Å². The monoisotopic (exact) mass is 290 g/mol. The first kappa shape index (κ1) is 16.2. The van der Waals surface area contributed by atoms with Gasteiger partial charge < -0.3 is 10.2 Å². The summed E-state index contributed by atoms with van der Waals surface area (Å²) < 4.78 is 0. The van der Waals surface area contributed by atoms with Gasteiger partial charge in [0, 0.05) is 30.3 Å². The number of hydrogen-bond donors (Lipinski definition) is 1. The van der Waals surface area contributed by atoms with Gasteiger partial charge in [0.05, 0.1) is 0 Å². The van der Waals surface area contributed by atoms with Gasteiger partial charge in [0.15, 0.2) is 0 Å². The number of nitrogens with one attached hydrogen (secondary N) is 1. The summed E-state index contributed by atoms with van der Waals surface area (Å²) in [6, 6.07) is 2.60. The van der Waals surface area contributed by atoms with E-state index >= 15 is 0 Å². The molecule has 0 saturated carbocycles. The lowest BCUT2D eigenvalue weighted by atomic mass is 9.97. The van der Waals surface area contributed by atoms with Crippen LogP contribution in [0.3, 0.4) is 0 Å². The van der Waals surface area contributed by atoms with Crippen molar-refractivity contribution in [1.82, 2.24) is 15.3 Å². The van der Waals surface area contributed by atoms with Gasteiger partial charge >= 0.3 is 0 Å². The Morgan fingerprint density at radius 2 is 1.86 bits per heavy atom. The van der Waals surface area contributed by atoms with Gasteiger partial charge in [-0.2, -0.15) is 0 Å². The molecule has 1 N–H and O–H groups in total. The summed E-state index contributed by atoms with van der Waals surface area (Å²) in [5.41, 5.74) is 1.07. The van der Waals surface area contributed by atoms with E-state index in [0.717, 1.165) is 42.9 Å². The van der Waals surface area contributed by atoms with Crippen LogP contribution in [0.2, 0.25) is 0 Å². The Morgan fingerprint density at radius 3 is 2.43 bits per heavy atom. The highest BCUT2D eigenvalue weighted by molar-refractivity contribution is 5.41. The number of aryl methyl sites for hydroxylation is 1. The molecule has 1 fully saturated rings. The molecule has 2 rings (SSSR count). The Labute approximate surface area is 129 Å². The van der Waals surface area contributed by atoms with Crippen LogP contribution in [-0.2, 0) is 0 Å². The van der Waals surface area contributed by atoms with E-state index in [1.54, 1.807) is 0 Å². The fourth-order valence-corrected chi connectivity index (χ4v) is 2.89. The lowest BCUT2D eigenvalue weighted by Crippen LogP contribution is -2.40. The minimum atomic E-state index is 0.372. The molecule has 2 heterocycles. The molecule has 1 saturated heterocycles. The number of piperidine rings is 1. The predicted octanol–water partition coefficient (Wildman–Crippen LogP) is 3.12. The fraction of sp³-hybridized carbons (Fsp3) is 0.765. The number of rotatable bonds is 5. The third kappa shape index (κ3) is 4.40. The van der Waals surface area contributed by atoms with Crippen molar-refractivity contribution in [3.05, 3.63) is 17.6 Å². The maximum atomic E-state index is 4.82. The fourth-order valence-electron chi connectivity index (χ4n) is 2.89.